The van der Waals surface area contributed by atoms with Gasteiger partial charge in [0.25, 0.3) is 0 Å². The molecule has 1 aliphatic rings. The lowest BCUT2D eigenvalue weighted by Crippen LogP contribution is -2.38. The first-order valence-corrected chi connectivity index (χ1v) is 14.2. The van der Waals surface area contributed by atoms with Crippen molar-refractivity contribution >= 4 is 28.6 Å². The quantitative estimate of drug-likeness (QED) is 0.133. The molecule has 7 rings (SSSR count). The van der Waals surface area contributed by atoms with Gasteiger partial charge >= 0.3 is 0 Å². The van der Waals surface area contributed by atoms with E-state index < -0.39 is 17.6 Å². The van der Waals surface area contributed by atoms with E-state index in [0.29, 0.717) is 42.1 Å². The number of aldehydes is 1. The van der Waals surface area contributed by atoms with Gasteiger partial charge in [-0.1, -0.05) is 91.0 Å². The number of nitrogen functional groups attached to an aromatic ring is 1. The minimum Gasteiger partial charge on any atom is -0.399 e. The largest absolute Gasteiger partial charge is 0.399 e. The Kier molecular flexibility index (Phi) is 6.72. The second kappa shape index (κ2) is 10.9. The number of nitrogens with zero attached hydrogens (tertiary/aromatic N) is 3. The molecule has 43 heavy (non-hydrogen) atoms. The van der Waals surface area contributed by atoms with E-state index in [4.69, 9.17) is 15.6 Å². The zero-order chi connectivity index (χ0) is 29.4. The molecule has 6 aromatic rings. The highest BCUT2D eigenvalue weighted by atomic mass is 19.1. The first kappa shape index (κ1) is 26.6. The first-order valence-electron chi connectivity index (χ1n) is 14.2. The average molecular weight is 569 g/mol. The lowest BCUT2D eigenvalue weighted by molar-refractivity contribution is -0.115. The topological polar surface area (TPSA) is 73.4 Å². The Labute approximate surface area is 248 Å². The number of fused-ring (bicyclic) bond motifs is 1. The van der Waals surface area contributed by atoms with E-state index >= 15 is 4.39 Å². The van der Waals surface area contributed by atoms with E-state index in [1.807, 2.05) is 72.8 Å². The van der Waals surface area contributed by atoms with Gasteiger partial charge in [0.15, 0.2) is 12.5 Å². The zero-order valence-electron chi connectivity index (χ0n) is 23.3. The molecular formula is C36H29FN4O2. The van der Waals surface area contributed by atoms with Crippen LogP contribution in [0.15, 0.2) is 127 Å². The molecule has 0 aliphatic carbocycles. The van der Waals surface area contributed by atoms with E-state index in [9.17, 15) is 4.79 Å². The Morgan fingerprint density at radius 1 is 0.814 bits per heavy atom. The maximum Gasteiger partial charge on any atom is 0.186 e. The summed E-state index contributed by atoms with van der Waals surface area (Å²) in [5.41, 5.74) is 11.7. The third-order valence-electron chi connectivity index (χ3n) is 8.17. The predicted octanol–water partition coefficient (Wildman–Crippen LogP) is 6.63. The predicted molar refractivity (Wildman–Crippen MR) is 167 cm³/mol. The number of benzene rings is 5. The molecule has 212 valence electrons. The van der Waals surface area contributed by atoms with Gasteiger partial charge in [0.2, 0.25) is 0 Å². The van der Waals surface area contributed by atoms with Crippen LogP contribution in [0.3, 0.4) is 0 Å². The summed E-state index contributed by atoms with van der Waals surface area (Å²) in [4.78, 5) is 13.3. The minimum atomic E-state index is -0.856. The molecule has 5 aromatic carbocycles. The number of rotatable bonds is 7. The van der Waals surface area contributed by atoms with Crippen LogP contribution >= 0.6 is 0 Å². The van der Waals surface area contributed by atoms with Crippen LogP contribution in [-0.2, 0) is 15.1 Å². The van der Waals surface area contributed by atoms with E-state index in [-0.39, 0.29) is 0 Å². The Bertz CT molecular complexity index is 1810. The summed E-state index contributed by atoms with van der Waals surface area (Å²) in [6.45, 7) is 0.750. The highest BCUT2D eigenvalue weighted by molar-refractivity contribution is 5.96. The number of hydrogen-bond acceptors (Lipinski definition) is 5. The van der Waals surface area contributed by atoms with Gasteiger partial charge in [-0.2, -0.15) is 5.10 Å². The molecule has 2 N–H and O–H groups in total. The van der Waals surface area contributed by atoms with Gasteiger partial charge < -0.3 is 15.4 Å². The minimum absolute atomic E-state index is 0.291. The number of anilines is 2. The first-order chi connectivity index (χ1) is 21.1. The lowest BCUT2D eigenvalue weighted by atomic mass is 9.77. The number of carbonyl (C=O) groups excluding carboxylic acids is 1. The fourth-order valence-corrected chi connectivity index (χ4v) is 6.25. The summed E-state index contributed by atoms with van der Waals surface area (Å²) in [5, 5.41) is 6.19. The van der Waals surface area contributed by atoms with Gasteiger partial charge in [-0.15, -0.1) is 0 Å². The van der Waals surface area contributed by atoms with Crippen molar-refractivity contribution in [1.29, 1.82) is 0 Å². The molecule has 0 amide bonds. The smallest absolute Gasteiger partial charge is 0.186 e. The van der Waals surface area contributed by atoms with Gasteiger partial charge in [0, 0.05) is 23.2 Å². The summed E-state index contributed by atoms with van der Waals surface area (Å²) in [7, 11) is 0. The van der Waals surface area contributed by atoms with Crippen LogP contribution in [0.1, 0.15) is 16.7 Å². The highest BCUT2D eigenvalue weighted by Crippen LogP contribution is 2.44. The normalized spacial score (nSPS) is 15.2. The fraction of sp³-hybridized carbons (Fsp3) is 0.111. The molecule has 1 aliphatic heterocycles. The van der Waals surface area contributed by atoms with Crippen molar-refractivity contribution in [3.63, 3.8) is 0 Å². The van der Waals surface area contributed by atoms with E-state index in [0.717, 1.165) is 27.6 Å². The van der Waals surface area contributed by atoms with Gasteiger partial charge in [-0.3, -0.25) is 4.79 Å². The van der Waals surface area contributed by atoms with Gasteiger partial charge in [0.05, 0.1) is 17.8 Å². The molecule has 1 atom stereocenters. The molecule has 1 saturated heterocycles. The molecule has 0 radical (unpaired) electrons. The van der Waals surface area contributed by atoms with Crippen LogP contribution in [0.5, 0.6) is 0 Å². The SMILES string of the molecule is Nc1ccc2c(c1)c(-c1ccc(F)c(N3CCOC3C=O)c1)nn2C(c1ccccc1)(c1ccccc1)c1ccccc1. The third kappa shape index (κ3) is 4.37. The number of hydrogen-bond donors (Lipinski definition) is 1. The van der Waals surface area contributed by atoms with Crippen molar-refractivity contribution in [2.45, 2.75) is 11.8 Å². The molecule has 0 spiro atoms. The molecule has 2 heterocycles. The Morgan fingerprint density at radius 2 is 1.42 bits per heavy atom. The van der Waals surface area contributed by atoms with Crippen molar-refractivity contribution in [1.82, 2.24) is 9.78 Å². The fourth-order valence-electron chi connectivity index (χ4n) is 6.25. The van der Waals surface area contributed by atoms with Crippen molar-refractivity contribution in [2.75, 3.05) is 23.8 Å². The van der Waals surface area contributed by atoms with Gasteiger partial charge in [-0.25, -0.2) is 9.07 Å². The number of nitrogens with two attached hydrogens (primary N) is 1. The van der Waals surface area contributed by atoms with Crippen molar-refractivity contribution in [3.05, 3.63) is 150 Å². The van der Waals surface area contributed by atoms with Crippen LogP contribution in [0, 0.1) is 5.82 Å². The molecule has 6 nitrogen and oxygen atoms in total. The Morgan fingerprint density at radius 3 is 2.00 bits per heavy atom. The maximum atomic E-state index is 15.2. The second-order valence-electron chi connectivity index (χ2n) is 10.6. The van der Waals surface area contributed by atoms with Gasteiger partial charge in [-0.05, 0) is 53.1 Å². The Balaban J connectivity index is 1.55. The van der Waals surface area contributed by atoms with Crippen LogP contribution in [0.4, 0.5) is 15.8 Å². The van der Waals surface area contributed by atoms with Crippen LogP contribution < -0.4 is 10.6 Å². The zero-order valence-corrected chi connectivity index (χ0v) is 23.3. The third-order valence-corrected chi connectivity index (χ3v) is 8.17. The summed E-state index contributed by atoms with van der Waals surface area (Å²) in [5.74, 6) is -0.434. The van der Waals surface area contributed by atoms with Crippen LogP contribution in [0.2, 0.25) is 0 Å². The van der Waals surface area contributed by atoms with E-state index in [1.54, 1.807) is 17.0 Å². The van der Waals surface area contributed by atoms with Gasteiger partial charge in [0.1, 0.15) is 17.1 Å². The number of ether oxygens (including phenoxy) is 1. The number of aromatic nitrogens is 2. The van der Waals surface area contributed by atoms with Crippen LogP contribution in [0.25, 0.3) is 22.2 Å². The maximum absolute atomic E-state index is 15.2. The number of carbonyl (C=O) groups is 1. The van der Waals surface area contributed by atoms with Crippen molar-refractivity contribution in [3.8, 4) is 11.3 Å². The molecule has 7 heteroatoms. The molecule has 1 fully saturated rings. The molecule has 0 saturated carbocycles. The van der Waals surface area contributed by atoms with Crippen molar-refractivity contribution < 1.29 is 13.9 Å². The molecular weight excluding hydrogens is 539 g/mol. The highest BCUT2D eigenvalue weighted by Gasteiger charge is 2.41. The molecule has 0 bridgehead atoms. The second-order valence-corrected chi connectivity index (χ2v) is 10.6. The summed E-state index contributed by atoms with van der Waals surface area (Å²) >= 11 is 0. The Hall–Kier alpha value is -5.27. The number of halogens is 1. The monoisotopic (exact) mass is 568 g/mol. The summed E-state index contributed by atoms with van der Waals surface area (Å²) in [6.07, 6.45) is -0.144. The van der Waals surface area contributed by atoms with E-state index in [1.165, 1.54) is 6.07 Å². The van der Waals surface area contributed by atoms with E-state index in [2.05, 4.69) is 41.1 Å². The lowest BCUT2D eigenvalue weighted by Gasteiger charge is -2.37. The average Bonchev–Trinajstić information content (AvgIpc) is 3.68. The van der Waals surface area contributed by atoms with Crippen molar-refractivity contribution in [2.24, 2.45) is 0 Å². The standard InChI is InChI=1S/C36H29FN4O2/c37-31-18-16-25(22-33(31)40-20-21-43-34(40)24-42)35-30-23-29(38)17-19-32(30)41(39-35)36(26-10-4-1-5-11-26,27-12-6-2-7-13-27)28-14-8-3-9-15-28/h1-19,22-24,34H,20-21,38H2. The summed E-state index contributed by atoms with van der Waals surface area (Å²) < 4.78 is 22.8. The summed E-state index contributed by atoms with van der Waals surface area (Å²) in [6, 6.07) is 41.6. The van der Waals surface area contributed by atoms with Crippen LogP contribution in [-0.4, -0.2) is 35.4 Å². The molecule has 1 unspecified atom stereocenters. The molecule has 1 aromatic heterocycles.